The van der Waals surface area contributed by atoms with Gasteiger partial charge in [0.15, 0.2) is 0 Å². The highest BCUT2D eigenvalue weighted by Gasteiger charge is 2.61. The number of amides is 1. The Kier molecular flexibility index (Phi) is 4.25. The SMILES string of the molecule is C=CC(=O)N(C)[C@H]1C[C@@](C)(Oc2nc(-c3cnn(C)c3)cn3nccc23)C1(C)C. The molecule has 0 N–H and O–H groups in total. The van der Waals surface area contributed by atoms with Gasteiger partial charge in [-0.25, -0.2) is 9.50 Å². The Morgan fingerprint density at radius 1 is 1.34 bits per heavy atom. The first-order valence-corrected chi connectivity index (χ1v) is 9.58. The molecular weight excluding hydrogens is 368 g/mol. The molecule has 3 aromatic heterocycles. The van der Waals surface area contributed by atoms with E-state index in [-0.39, 0.29) is 17.4 Å². The van der Waals surface area contributed by atoms with Crippen LogP contribution in [0.3, 0.4) is 0 Å². The van der Waals surface area contributed by atoms with Crippen LogP contribution in [0, 0.1) is 5.41 Å². The van der Waals surface area contributed by atoms with Gasteiger partial charge in [-0.05, 0) is 19.1 Å². The molecule has 1 saturated carbocycles. The van der Waals surface area contributed by atoms with Gasteiger partial charge in [0.05, 0.1) is 24.3 Å². The van der Waals surface area contributed by atoms with Gasteiger partial charge in [-0.3, -0.25) is 9.48 Å². The van der Waals surface area contributed by atoms with Crippen LogP contribution >= 0.6 is 0 Å². The van der Waals surface area contributed by atoms with Gasteiger partial charge in [0.2, 0.25) is 11.8 Å². The first kappa shape index (κ1) is 19.2. The molecule has 8 heteroatoms. The minimum absolute atomic E-state index is 0.0560. The largest absolute Gasteiger partial charge is 0.469 e. The molecule has 0 aliphatic heterocycles. The molecule has 0 radical (unpaired) electrons. The normalized spacial score (nSPS) is 22.9. The van der Waals surface area contributed by atoms with E-state index in [0.717, 1.165) is 16.8 Å². The van der Waals surface area contributed by atoms with Gasteiger partial charge >= 0.3 is 0 Å². The average Bonchev–Trinajstić information content (AvgIpc) is 3.33. The third kappa shape index (κ3) is 2.90. The molecule has 0 unspecified atom stereocenters. The smallest absolute Gasteiger partial charge is 0.245 e. The summed E-state index contributed by atoms with van der Waals surface area (Å²) < 4.78 is 10.0. The Morgan fingerprint density at radius 3 is 2.72 bits per heavy atom. The minimum Gasteiger partial charge on any atom is -0.469 e. The molecule has 0 aromatic carbocycles. The molecule has 0 saturated heterocycles. The summed E-state index contributed by atoms with van der Waals surface area (Å²) in [6.07, 6.45) is 9.32. The lowest BCUT2D eigenvalue weighted by atomic mass is 9.55. The van der Waals surface area contributed by atoms with Gasteiger partial charge in [-0.2, -0.15) is 10.2 Å². The van der Waals surface area contributed by atoms with Crippen molar-refractivity contribution in [3.05, 3.63) is 43.5 Å². The van der Waals surface area contributed by atoms with Crippen molar-refractivity contribution in [3.63, 3.8) is 0 Å². The van der Waals surface area contributed by atoms with Crippen LogP contribution in [0.5, 0.6) is 5.88 Å². The summed E-state index contributed by atoms with van der Waals surface area (Å²) >= 11 is 0. The van der Waals surface area contributed by atoms with Crippen molar-refractivity contribution < 1.29 is 9.53 Å². The summed E-state index contributed by atoms with van der Waals surface area (Å²) in [4.78, 5) is 18.6. The number of carbonyl (C=O) groups excluding carboxylic acids is 1. The maximum Gasteiger partial charge on any atom is 0.245 e. The number of hydrogen-bond donors (Lipinski definition) is 0. The predicted molar refractivity (Wildman–Crippen MR) is 109 cm³/mol. The lowest BCUT2D eigenvalue weighted by Gasteiger charge is -2.61. The van der Waals surface area contributed by atoms with Crippen molar-refractivity contribution in [1.82, 2.24) is 29.3 Å². The van der Waals surface area contributed by atoms with Crippen LogP contribution in [0.1, 0.15) is 27.2 Å². The van der Waals surface area contributed by atoms with Gasteiger partial charge in [0, 0.05) is 43.7 Å². The van der Waals surface area contributed by atoms with Crippen molar-refractivity contribution in [2.75, 3.05) is 7.05 Å². The number of hydrogen-bond acceptors (Lipinski definition) is 5. The van der Waals surface area contributed by atoms with E-state index in [1.165, 1.54) is 6.08 Å². The van der Waals surface area contributed by atoms with Gasteiger partial charge in [-0.1, -0.05) is 20.4 Å². The van der Waals surface area contributed by atoms with Gasteiger partial charge in [0.1, 0.15) is 11.1 Å². The summed E-state index contributed by atoms with van der Waals surface area (Å²) in [5.41, 5.74) is 1.67. The van der Waals surface area contributed by atoms with Crippen molar-refractivity contribution in [2.45, 2.75) is 38.8 Å². The molecule has 1 aliphatic carbocycles. The number of nitrogens with zero attached hydrogens (tertiary/aromatic N) is 6. The third-order valence-corrected chi connectivity index (χ3v) is 6.45. The number of aromatic nitrogens is 5. The zero-order chi connectivity index (χ0) is 21.0. The highest BCUT2D eigenvalue weighted by atomic mass is 16.5. The molecule has 0 spiro atoms. The molecule has 1 amide bonds. The Morgan fingerprint density at radius 2 is 2.10 bits per heavy atom. The quantitative estimate of drug-likeness (QED) is 0.622. The van der Waals surface area contributed by atoms with Crippen LogP contribution in [-0.4, -0.2) is 53.9 Å². The average molecular weight is 394 g/mol. The van der Waals surface area contributed by atoms with Crippen LogP contribution in [0.15, 0.2) is 43.5 Å². The molecule has 1 aliphatic rings. The van der Waals surface area contributed by atoms with Crippen molar-refractivity contribution >= 4 is 11.4 Å². The van der Waals surface area contributed by atoms with E-state index in [2.05, 4.69) is 37.5 Å². The molecular formula is C21H26N6O2. The highest BCUT2D eigenvalue weighted by Crippen LogP contribution is 2.54. The summed E-state index contributed by atoms with van der Waals surface area (Å²) in [7, 11) is 3.68. The van der Waals surface area contributed by atoms with Gasteiger partial charge in [0.25, 0.3) is 0 Å². The standard InChI is InChI=1S/C21H26N6O2/c1-7-18(28)26(6)17-10-21(4,20(17,2)3)29-19-16-8-9-22-27(16)13-15(24-19)14-11-23-25(5)12-14/h7-9,11-13,17H,1,10H2,2-6H3/t17-,21+/m0/s1. The second-order valence-corrected chi connectivity index (χ2v) is 8.42. The molecule has 3 heterocycles. The Labute approximate surface area is 169 Å². The third-order valence-electron chi connectivity index (χ3n) is 6.45. The molecule has 152 valence electrons. The number of fused-ring (bicyclic) bond motifs is 1. The predicted octanol–water partition coefficient (Wildman–Crippen LogP) is 2.71. The fraction of sp³-hybridized carbons (Fsp3) is 0.429. The van der Waals surface area contributed by atoms with E-state index >= 15 is 0 Å². The van der Waals surface area contributed by atoms with Crippen molar-refractivity contribution in [3.8, 4) is 17.1 Å². The van der Waals surface area contributed by atoms with E-state index in [1.54, 1.807) is 26.5 Å². The van der Waals surface area contributed by atoms with E-state index in [1.807, 2.05) is 32.6 Å². The second kappa shape index (κ2) is 6.43. The lowest BCUT2D eigenvalue weighted by Crippen LogP contribution is -2.70. The number of aryl methyl sites for hydroxylation is 1. The fourth-order valence-corrected chi connectivity index (χ4v) is 4.08. The molecule has 2 atom stereocenters. The van der Waals surface area contributed by atoms with Crippen LogP contribution in [0.25, 0.3) is 16.8 Å². The second-order valence-electron chi connectivity index (χ2n) is 8.42. The topological polar surface area (TPSA) is 77.6 Å². The molecule has 3 aromatic rings. The van der Waals surface area contributed by atoms with Crippen LogP contribution in [0.4, 0.5) is 0 Å². The van der Waals surface area contributed by atoms with Crippen LogP contribution in [0.2, 0.25) is 0 Å². The van der Waals surface area contributed by atoms with E-state index < -0.39 is 5.60 Å². The number of rotatable bonds is 5. The van der Waals surface area contributed by atoms with Gasteiger partial charge in [-0.15, -0.1) is 0 Å². The monoisotopic (exact) mass is 394 g/mol. The van der Waals surface area contributed by atoms with Crippen LogP contribution in [-0.2, 0) is 11.8 Å². The Hall–Kier alpha value is -3.16. The van der Waals surface area contributed by atoms with Crippen molar-refractivity contribution in [1.29, 1.82) is 0 Å². The molecule has 29 heavy (non-hydrogen) atoms. The summed E-state index contributed by atoms with van der Waals surface area (Å²) in [5.74, 6) is 0.440. The zero-order valence-corrected chi connectivity index (χ0v) is 17.5. The van der Waals surface area contributed by atoms with Crippen molar-refractivity contribution in [2.24, 2.45) is 12.5 Å². The molecule has 8 nitrogen and oxygen atoms in total. The van der Waals surface area contributed by atoms with E-state index in [4.69, 9.17) is 9.72 Å². The molecule has 0 bridgehead atoms. The minimum atomic E-state index is -0.487. The Bertz CT molecular complexity index is 1100. The first-order chi connectivity index (χ1) is 13.7. The molecule has 4 rings (SSSR count). The maximum atomic E-state index is 12.1. The van der Waals surface area contributed by atoms with Gasteiger partial charge < -0.3 is 9.64 Å². The maximum absolute atomic E-state index is 12.1. The summed E-state index contributed by atoms with van der Waals surface area (Å²) in [6, 6.07) is 1.94. The highest BCUT2D eigenvalue weighted by molar-refractivity contribution is 5.87. The number of likely N-dealkylation sites (N-methyl/N-ethyl adjacent to an activating group) is 1. The number of carbonyl (C=O) groups is 1. The molecule has 1 fully saturated rings. The van der Waals surface area contributed by atoms with Crippen LogP contribution < -0.4 is 4.74 Å². The summed E-state index contributed by atoms with van der Waals surface area (Å²) in [6.45, 7) is 9.90. The van der Waals surface area contributed by atoms with E-state index in [0.29, 0.717) is 12.3 Å². The fourth-order valence-electron chi connectivity index (χ4n) is 4.08. The number of ether oxygens (including phenoxy) is 1. The Balaban J connectivity index is 1.68. The van der Waals surface area contributed by atoms with E-state index in [9.17, 15) is 4.79 Å². The lowest BCUT2D eigenvalue weighted by molar-refractivity contribution is -0.178. The first-order valence-electron chi connectivity index (χ1n) is 9.58. The summed E-state index contributed by atoms with van der Waals surface area (Å²) in [5, 5.41) is 8.60. The zero-order valence-electron chi connectivity index (χ0n) is 17.5.